The van der Waals surface area contributed by atoms with Crippen molar-refractivity contribution in [2.45, 2.75) is 32.7 Å². The number of hydrogen-bond donors (Lipinski definition) is 1. The molecule has 1 N–H and O–H groups in total. The van der Waals surface area contributed by atoms with Crippen molar-refractivity contribution < 1.29 is 0 Å². The SMILES string of the molecule is CCC1CN(CCc2nc(C)cs2)CCN1. The number of aromatic nitrogens is 1. The normalized spacial score (nSPS) is 22.5. The van der Waals surface area contributed by atoms with E-state index in [1.807, 2.05) is 0 Å². The molecule has 90 valence electrons. The van der Waals surface area contributed by atoms with Gasteiger partial charge in [0.25, 0.3) is 0 Å². The maximum absolute atomic E-state index is 4.51. The highest BCUT2D eigenvalue weighted by Gasteiger charge is 2.17. The van der Waals surface area contributed by atoms with Crippen LogP contribution in [-0.2, 0) is 6.42 Å². The zero-order chi connectivity index (χ0) is 11.4. The summed E-state index contributed by atoms with van der Waals surface area (Å²) >= 11 is 1.79. The van der Waals surface area contributed by atoms with Crippen LogP contribution in [0.4, 0.5) is 0 Å². The molecule has 0 amide bonds. The van der Waals surface area contributed by atoms with E-state index in [2.05, 4.69) is 34.4 Å². The first-order valence-corrected chi connectivity index (χ1v) is 7.02. The van der Waals surface area contributed by atoms with Gasteiger partial charge < -0.3 is 10.2 Å². The molecule has 1 aliphatic heterocycles. The number of nitrogens with one attached hydrogen (secondary N) is 1. The second-order valence-electron chi connectivity index (χ2n) is 4.49. The predicted molar refractivity (Wildman–Crippen MR) is 69.1 cm³/mol. The van der Waals surface area contributed by atoms with Crippen molar-refractivity contribution in [2.75, 3.05) is 26.2 Å². The molecule has 0 spiro atoms. The lowest BCUT2D eigenvalue weighted by molar-refractivity contribution is 0.199. The van der Waals surface area contributed by atoms with Crippen molar-refractivity contribution >= 4 is 11.3 Å². The summed E-state index contributed by atoms with van der Waals surface area (Å²) in [6.07, 6.45) is 2.34. The first-order valence-electron chi connectivity index (χ1n) is 6.14. The van der Waals surface area contributed by atoms with E-state index in [4.69, 9.17) is 0 Å². The number of rotatable bonds is 4. The van der Waals surface area contributed by atoms with E-state index in [9.17, 15) is 0 Å². The molecule has 1 aromatic rings. The molecule has 1 unspecified atom stereocenters. The number of thiazole rings is 1. The van der Waals surface area contributed by atoms with Crippen LogP contribution in [0, 0.1) is 6.92 Å². The Hall–Kier alpha value is -0.450. The monoisotopic (exact) mass is 239 g/mol. The summed E-state index contributed by atoms with van der Waals surface area (Å²) in [6.45, 7) is 8.99. The predicted octanol–water partition coefficient (Wildman–Crippen LogP) is 1.68. The molecule has 2 rings (SSSR count). The molecule has 1 atom stereocenters. The molecule has 4 heteroatoms. The summed E-state index contributed by atoms with van der Waals surface area (Å²) in [7, 11) is 0. The summed E-state index contributed by atoms with van der Waals surface area (Å²) < 4.78 is 0. The molecule has 1 aromatic heterocycles. The molecule has 1 fully saturated rings. The Morgan fingerprint density at radius 2 is 2.50 bits per heavy atom. The summed E-state index contributed by atoms with van der Waals surface area (Å²) in [5, 5.41) is 6.97. The van der Waals surface area contributed by atoms with Gasteiger partial charge in [-0.25, -0.2) is 4.98 Å². The van der Waals surface area contributed by atoms with Crippen molar-refractivity contribution in [2.24, 2.45) is 0 Å². The largest absolute Gasteiger partial charge is 0.311 e. The van der Waals surface area contributed by atoms with Gasteiger partial charge >= 0.3 is 0 Å². The van der Waals surface area contributed by atoms with Crippen molar-refractivity contribution in [1.29, 1.82) is 0 Å². The molecular weight excluding hydrogens is 218 g/mol. The molecular formula is C12H21N3S. The highest BCUT2D eigenvalue weighted by molar-refractivity contribution is 7.09. The van der Waals surface area contributed by atoms with Crippen molar-refractivity contribution in [1.82, 2.24) is 15.2 Å². The van der Waals surface area contributed by atoms with Gasteiger partial charge in [0, 0.05) is 49.7 Å². The maximum Gasteiger partial charge on any atom is 0.0940 e. The van der Waals surface area contributed by atoms with Crippen molar-refractivity contribution in [3.05, 3.63) is 16.1 Å². The third kappa shape index (κ3) is 3.27. The smallest absolute Gasteiger partial charge is 0.0940 e. The van der Waals surface area contributed by atoms with E-state index in [0.29, 0.717) is 6.04 Å². The number of hydrogen-bond acceptors (Lipinski definition) is 4. The number of piperazine rings is 1. The molecule has 0 radical (unpaired) electrons. The highest BCUT2D eigenvalue weighted by atomic mass is 32.1. The fourth-order valence-electron chi connectivity index (χ4n) is 2.14. The quantitative estimate of drug-likeness (QED) is 0.866. The van der Waals surface area contributed by atoms with Gasteiger partial charge in [0.05, 0.1) is 5.01 Å². The van der Waals surface area contributed by atoms with E-state index in [0.717, 1.165) is 25.2 Å². The van der Waals surface area contributed by atoms with Crippen LogP contribution < -0.4 is 5.32 Å². The fourth-order valence-corrected chi connectivity index (χ4v) is 2.91. The molecule has 3 nitrogen and oxygen atoms in total. The standard InChI is InChI=1S/C12H21N3S/c1-3-11-8-15(7-5-13-11)6-4-12-14-10(2)9-16-12/h9,11,13H,3-8H2,1-2H3. The molecule has 0 aromatic carbocycles. The second-order valence-corrected chi connectivity index (χ2v) is 5.44. The number of nitrogens with zero attached hydrogens (tertiary/aromatic N) is 2. The first-order chi connectivity index (χ1) is 7.78. The zero-order valence-corrected chi connectivity index (χ0v) is 11.0. The Kier molecular flexibility index (Phi) is 4.32. The molecule has 1 saturated heterocycles. The van der Waals surface area contributed by atoms with E-state index in [1.54, 1.807) is 11.3 Å². The van der Waals surface area contributed by atoms with Crippen LogP contribution in [-0.4, -0.2) is 42.1 Å². The molecule has 0 aliphatic carbocycles. The van der Waals surface area contributed by atoms with Gasteiger partial charge in [0.1, 0.15) is 0 Å². The molecule has 2 heterocycles. The minimum Gasteiger partial charge on any atom is -0.311 e. The molecule has 16 heavy (non-hydrogen) atoms. The Bertz CT molecular complexity index is 324. The van der Waals surface area contributed by atoms with Crippen LogP contribution in [0.5, 0.6) is 0 Å². The third-order valence-corrected chi connectivity index (χ3v) is 4.17. The van der Waals surface area contributed by atoms with Crippen molar-refractivity contribution in [3.8, 4) is 0 Å². The van der Waals surface area contributed by atoms with E-state index >= 15 is 0 Å². The Labute approximate surface area is 102 Å². The third-order valence-electron chi connectivity index (χ3n) is 3.14. The van der Waals surface area contributed by atoms with Crippen LogP contribution in [0.3, 0.4) is 0 Å². The summed E-state index contributed by atoms with van der Waals surface area (Å²) in [4.78, 5) is 7.07. The fraction of sp³-hybridized carbons (Fsp3) is 0.750. The minimum absolute atomic E-state index is 0.687. The van der Waals surface area contributed by atoms with Gasteiger partial charge in [0.15, 0.2) is 0 Å². The molecule has 1 aliphatic rings. The van der Waals surface area contributed by atoms with E-state index in [1.165, 1.54) is 24.5 Å². The van der Waals surface area contributed by atoms with Gasteiger partial charge in [-0.2, -0.15) is 0 Å². The lowest BCUT2D eigenvalue weighted by atomic mass is 10.1. The van der Waals surface area contributed by atoms with Crippen LogP contribution in [0.25, 0.3) is 0 Å². The minimum atomic E-state index is 0.687. The zero-order valence-electron chi connectivity index (χ0n) is 10.2. The maximum atomic E-state index is 4.51. The van der Waals surface area contributed by atoms with E-state index in [-0.39, 0.29) is 0 Å². The van der Waals surface area contributed by atoms with Crippen LogP contribution in [0.1, 0.15) is 24.0 Å². The lowest BCUT2D eigenvalue weighted by Crippen LogP contribution is -2.50. The topological polar surface area (TPSA) is 28.2 Å². The van der Waals surface area contributed by atoms with Gasteiger partial charge in [0.2, 0.25) is 0 Å². The Morgan fingerprint density at radius 3 is 3.19 bits per heavy atom. The molecule has 0 saturated carbocycles. The van der Waals surface area contributed by atoms with E-state index < -0.39 is 0 Å². The van der Waals surface area contributed by atoms with Crippen LogP contribution >= 0.6 is 11.3 Å². The highest BCUT2D eigenvalue weighted by Crippen LogP contribution is 2.11. The summed E-state index contributed by atoms with van der Waals surface area (Å²) in [5.41, 5.74) is 1.16. The average Bonchev–Trinajstić information content (AvgIpc) is 2.73. The van der Waals surface area contributed by atoms with Gasteiger partial charge in [-0.05, 0) is 13.3 Å². The van der Waals surface area contributed by atoms with Gasteiger partial charge in [-0.15, -0.1) is 11.3 Å². The Morgan fingerprint density at radius 1 is 1.62 bits per heavy atom. The van der Waals surface area contributed by atoms with Crippen LogP contribution in [0.15, 0.2) is 5.38 Å². The average molecular weight is 239 g/mol. The van der Waals surface area contributed by atoms with Crippen LogP contribution in [0.2, 0.25) is 0 Å². The van der Waals surface area contributed by atoms with Crippen molar-refractivity contribution in [3.63, 3.8) is 0 Å². The lowest BCUT2D eigenvalue weighted by Gasteiger charge is -2.33. The first kappa shape index (κ1) is 12.0. The van der Waals surface area contributed by atoms with Gasteiger partial charge in [-0.3, -0.25) is 0 Å². The van der Waals surface area contributed by atoms with Gasteiger partial charge in [-0.1, -0.05) is 6.92 Å². The summed E-state index contributed by atoms with van der Waals surface area (Å²) in [6, 6.07) is 0.687. The molecule has 0 bridgehead atoms. The Balaban J connectivity index is 1.77. The number of aryl methyl sites for hydroxylation is 1. The second kappa shape index (κ2) is 5.75. The summed E-state index contributed by atoms with van der Waals surface area (Å²) in [5.74, 6) is 0.